The Morgan fingerprint density at radius 3 is 2.57 bits per heavy atom. The van der Waals surface area contributed by atoms with Crippen LogP contribution in [0.15, 0.2) is 36.4 Å². The molecule has 0 aromatic heterocycles. The Morgan fingerprint density at radius 2 is 1.86 bits per heavy atom. The van der Waals surface area contributed by atoms with Gasteiger partial charge in [0.1, 0.15) is 0 Å². The molecule has 3 nitrogen and oxygen atoms in total. The second kappa shape index (κ2) is 6.15. The second-order valence-electron chi connectivity index (χ2n) is 5.95. The molecule has 1 fully saturated rings. The lowest BCUT2D eigenvalue weighted by Crippen LogP contribution is -2.32. The smallest absolute Gasteiger partial charge is 0.0998 e. The van der Waals surface area contributed by atoms with Crippen LogP contribution in [0.5, 0.6) is 0 Å². The number of anilines is 1. The van der Waals surface area contributed by atoms with Crippen molar-refractivity contribution in [3.8, 4) is 6.07 Å². The molecule has 108 valence electrons. The standard InChI is InChI=1S/C18H21N3/c1-21-10-8-14(9-11-21)13-20-18-7-6-15(12-19)16-4-2-3-5-17(16)18/h2-7,14,20H,8-11,13H2,1H3. The number of fused-ring (bicyclic) bond motifs is 1. The normalized spacial score (nSPS) is 16.8. The third kappa shape index (κ3) is 3.01. The van der Waals surface area contributed by atoms with Gasteiger partial charge in [-0.15, -0.1) is 0 Å². The van der Waals surface area contributed by atoms with Gasteiger partial charge in [-0.25, -0.2) is 0 Å². The number of hydrogen-bond donors (Lipinski definition) is 1. The number of benzene rings is 2. The summed E-state index contributed by atoms with van der Waals surface area (Å²) in [5, 5.41) is 15.0. The van der Waals surface area contributed by atoms with Gasteiger partial charge in [-0.1, -0.05) is 24.3 Å². The van der Waals surface area contributed by atoms with Crippen molar-refractivity contribution < 1.29 is 0 Å². The summed E-state index contributed by atoms with van der Waals surface area (Å²) in [4.78, 5) is 2.40. The van der Waals surface area contributed by atoms with Crippen molar-refractivity contribution >= 4 is 16.5 Å². The molecule has 0 unspecified atom stereocenters. The second-order valence-corrected chi connectivity index (χ2v) is 5.95. The van der Waals surface area contributed by atoms with Crippen LogP contribution in [0.1, 0.15) is 18.4 Å². The van der Waals surface area contributed by atoms with Crippen LogP contribution in [0.4, 0.5) is 5.69 Å². The van der Waals surface area contributed by atoms with Crippen LogP contribution in [0.25, 0.3) is 10.8 Å². The Hall–Kier alpha value is -2.05. The van der Waals surface area contributed by atoms with Crippen molar-refractivity contribution in [2.24, 2.45) is 5.92 Å². The van der Waals surface area contributed by atoms with Crippen LogP contribution in [0.2, 0.25) is 0 Å². The molecule has 1 aliphatic rings. The van der Waals surface area contributed by atoms with Crippen LogP contribution >= 0.6 is 0 Å². The molecule has 0 atom stereocenters. The first kappa shape index (κ1) is 13.9. The number of piperidine rings is 1. The molecule has 0 amide bonds. The van der Waals surface area contributed by atoms with Crippen LogP contribution in [0, 0.1) is 17.2 Å². The molecule has 1 saturated heterocycles. The van der Waals surface area contributed by atoms with E-state index < -0.39 is 0 Å². The van der Waals surface area contributed by atoms with Crippen molar-refractivity contribution in [2.75, 3.05) is 32.0 Å². The Morgan fingerprint density at radius 1 is 1.14 bits per heavy atom. The molecular formula is C18H21N3. The molecule has 0 aliphatic carbocycles. The monoisotopic (exact) mass is 279 g/mol. The number of nitrogens with one attached hydrogen (secondary N) is 1. The molecule has 2 aromatic rings. The van der Waals surface area contributed by atoms with Gasteiger partial charge in [0.25, 0.3) is 0 Å². The third-order valence-corrected chi connectivity index (χ3v) is 4.46. The summed E-state index contributed by atoms with van der Waals surface area (Å²) in [6, 6.07) is 14.4. The topological polar surface area (TPSA) is 39.1 Å². The van der Waals surface area contributed by atoms with E-state index >= 15 is 0 Å². The highest BCUT2D eigenvalue weighted by molar-refractivity contribution is 5.97. The predicted octanol–water partition coefficient (Wildman–Crippen LogP) is 3.47. The fourth-order valence-corrected chi connectivity index (χ4v) is 3.07. The number of nitrogens with zero attached hydrogens (tertiary/aromatic N) is 2. The van der Waals surface area contributed by atoms with Crippen LogP contribution in [-0.4, -0.2) is 31.6 Å². The lowest BCUT2D eigenvalue weighted by Gasteiger charge is -2.29. The van der Waals surface area contributed by atoms with Crippen LogP contribution < -0.4 is 5.32 Å². The summed E-state index contributed by atoms with van der Waals surface area (Å²) in [6.45, 7) is 3.41. The van der Waals surface area contributed by atoms with Crippen molar-refractivity contribution in [3.63, 3.8) is 0 Å². The van der Waals surface area contributed by atoms with Crippen molar-refractivity contribution in [1.29, 1.82) is 5.26 Å². The average Bonchev–Trinajstić information content (AvgIpc) is 2.54. The fourth-order valence-electron chi connectivity index (χ4n) is 3.07. The summed E-state index contributed by atoms with van der Waals surface area (Å²) in [6.07, 6.45) is 2.52. The maximum atomic E-state index is 9.21. The van der Waals surface area contributed by atoms with E-state index in [4.69, 9.17) is 0 Å². The average molecular weight is 279 g/mol. The van der Waals surface area contributed by atoms with Gasteiger partial charge in [0.15, 0.2) is 0 Å². The molecule has 1 aliphatic heterocycles. The zero-order valence-electron chi connectivity index (χ0n) is 12.5. The fraction of sp³-hybridized carbons (Fsp3) is 0.389. The van der Waals surface area contributed by atoms with E-state index in [0.29, 0.717) is 0 Å². The van der Waals surface area contributed by atoms with E-state index in [1.165, 1.54) is 25.9 Å². The molecule has 0 saturated carbocycles. The minimum atomic E-state index is 0.746. The first-order valence-corrected chi connectivity index (χ1v) is 7.62. The molecule has 3 heteroatoms. The first-order chi connectivity index (χ1) is 10.3. The quantitative estimate of drug-likeness (QED) is 0.935. The largest absolute Gasteiger partial charge is 0.384 e. The number of likely N-dealkylation sites (tertiary alicyclic amines) is 1. The molecule has 21 heavy (non-hydrogen) atoms. The van der Waals surface area contributed by atoms with E-state index in [1.54, 1.807) is 0 Å². The summed E-state index contributed by atoms with van der Waals surface area (Å²) in [5.41, 5.74) is 1.89. The molecule has 0 radical (unpaired) electrons. The highest BCUT2D eigenvalue weighted by atomic mass is 15.1. The Balaban J connectivity index is 1.77. The molecule has 3 rings (SSSR count). The maximum Gasteiger partial charge on any atom is 0.0998 e. The Bertz CT molecular complexity index is 664. The molecule has 0 spiro atoms. The lowest BCUT2D eigenvalue weighted by molar-refractivity contribution is 0.226. The molecule has 2 aromatic carbocycles. The Labute approximate surface area is 126 Å². The SMILES string of the molecule is CN1CCC(CNc2ccc(C#N)c3ccccc23)CC1. The van der Waals surface area contributed by atoms with Gasteiger partial charge in [-0.3, -0.25) is 0 Å². The molecule has 0 bridgehead atoms. The minimum Gasteiger partial charge on any atom is -0.384 e. The highest BCUT2D eigenvalue weighted by Gasteiger charge is 2.16. The summed E-state index contributed by atoms with van der Waals surface area (Å²) in [5.74, 6) is 0.746. The van der Waals surface area contributed by atoms with E-state index in [2.05, 4.69) is 29.4 Å². The number of nitriles is 1. The van der Waals surface area contributed by atoms with Gasteiger partial charge in [0.2, 0.25) is 0 Å². The predicted molar refractivity (Wildman–Crippen MR) is 87.4 cm³/mol. The van der Waals surface area contributed by atoms with E-state index in [0.717, 1.165) is 34.5 Å². The van der Waals surface area contributed by atoms with Gasteiger partial charge < -0.3 is 10.2 Å². The summed E-state index contributed by atoms with van der Waals surface area (Å²) >= 11 is 0. The van der Waals surface area contributed by atoms with Gasteiger partial charge in [-0.2, -0.15) is 5.26 Å². The van der Waals surface area contributed by atoms with Gasteiger partial charge >= 0.3 is 0 Å². The van der Waals surface area contributed by atoms with Crippen molar-refractivity contribution in [2.45, 2.75) is 12.8 Å². The number of hydrogen-bond acceptors (Lipinski definition) is 3. The van der Waals surface area contributed by atoms with Gasteiger partial charge in [0, 0.05) is 23.0 Å². The van der Waals surface area contributed by atoms with Crippen LogP contribution in [0.3, 0.4) is 0 Å². The molecule has 1 N–H and O–H groups in total. The van der Waals surface area contributed by atoms with Crippen LogP contribution in [-0.2, 0) is 0 Å². The zero-order valence-corrected chi connectivity index (χ0v) is 12.5. The maximum absolute atomic E-state index is 9.21. The summed E-state index contributed by atoms with van der Waals surface area (Å²) < 4.78 is 0. The van der Waals surface area contributed by atoms with E-state index in [9.17, 15) is 5.26 Å². The van der Waals surface area contributed by atoms with Crippen molar-refractivity contribution in [1.82, 2.24) is 4.90 Å². The molecule has 1 heterocycles. The van der Waals surface area contributed by atoms with E-state index in [-0.39, 0.29) is 0 Å². The number of rotatable bonds is 3. The lowest BCUT2D eigenvalue weighted by atomic mass is 9.96. The third-order valence-electron chi connectivity index (χ3n) is 4.46. The first-order valence-electron chi connectivity index (χ1n) is 7.62. The molecular weight excluding hydrogens is 258 g/mol. The summed E-state index contributed by atoms with van der Waals surface area (Å²) in [7, 11) is 2.19. The van der Waals surface area contributed by atoms with E-state index in [1.807, 2.05) is 30.3 Å². The Kier molecular flexibility index (Phi) is 4.08. The van der Waals surface area contributed by atoms with Gasteiger partial charge in [-0.05, 0) is 51.0 Å². The zero-order chi connectivity index (χ0) is 14.7. The van der Waals surface area contributed by atoms with Gasteiger partial charge in [0.05, 0.1) is 11.6 Å². The minimum absolute atomic E-state index is 0.746. The highest BCUT2D eigenvalue weighted by Crippen LogP contribution is 2.27. The van der Waals surface area contributed by atoms with Crippen molar-refractivity contribution in [3.05, 3.63) is 42.0 Å².